The molecule has 1 aliphatic rings. The van der Waals surface area contributed by atoms with Gasteiger partial charge in [0.2, 0.25) is 0 Å². The Balaban J connectivity index is 1.93. The molecule has 0 unspecified atom stereocenters. The first-order chi connectivity index (χ1) is 14.8. The molecule has 0 bridgehead atoms. The van der Waals surface area contributed by atoms with Gasteiger partial charge in [-0.15, -0.1) is 0 Å². The third kappa shape index (κ3) is 5.79. The van der Waals surface area contributed by atoms with Gasteiger partial charge in [-0.05, 0) is 66.8 Å². The number of carboxylic acids is 1. The molecule has 174 valence electrons. The number of hydrogen-bond acceptors (Lipinski definition) is 2. The number of carboxylic acid groups (broad SMARTS) is 1. The van der Waals surface area contributed by atoms with Gasteiger partial charge < -0.3 is 5.11 Å². The number of aliphatic carboxylic acids is 1. The number of halogens is 7. The summed E-state index contributed by atoms with van der Waals surface area (Å²) in [5.41, 5.74) is -1.71. The zero-order valence-corrected chi connectivity index (χ0v) is 16.7. The minimum atomic E-state index is -4.70. The fourth-order valence-electron chi connectivity index (χ4n) is 4.14. The lowest BCUT2D eigenvalue weighted by Gasteiger charge is -2.40. The fourth-order valence-corrected chi connectivity index (χ4v) is 4.14. The first-order valence-corrected chi connectivity index (χ1v) is 9.83. The van der Waals surface area contributed by atoms with Gasteiger partial charge >= 0.3 is 18.3 Å². The Morgan fingerprint density at radius 3 is 2.22 bits per heavy atom. The van der Waals surface area contributed by atoms with E-state index in [4.69, 9.17) is 5.11 Å². The molecule has 1 saturated heterocycles. The molecule has 1 aliphatic heterocycles. The Hall–Kier alpha value is -2.62. The Labute approximate surface area is 179 Å². The topological polar surface area (TPSA) is 40.5 Å². The van der Waals surface area contributed by atoms with Gasteiger partial charge in [0.1, 0.15) is 5.82 Å². The van der Waals surface area contributed by atoms with E-state index in [2.05, 4.69) is 0 Å². The van der Waals surface area contributed by atoms with Crippen molar-refractivity contribution < 1.29 is 40.6 Å². The van der Waals surface area contributed by atoms with E-state index in [1.54, 1.807) is 4.90 Å². The van der Waals surface area contributed by atoms with Crippen LogP contribution in [-0.2, 0) is 23.7 Å². The summed E-state index contributed by atoms with van der Waals surface area (Å²) in [6.45, 7) is -0.0600. The second-order valence-electron chi connectivity index (χ2n) is 7.89. The SMILES string of the molecule is O=C(O)C[C@H]1CCN(Cc2cc(F)ccc2C(F)(F)F)[C@@H](c2ccc(C(F)(F)F)cc2)C1. The molecule has 2 aromatic rings. The van der Waals surface area contributed by atoms with Crippen molar-refractivity contribution in [1.82, 2.24) is 4.90 Å². The highest BCUT2D eigenvalue weighted by Gasteiger charge is 2.37. The van der Waals surface area contributed by atoms with E-state index in [-0.39, 0.29) is 37.4 Å². The lowest BCUT2D eigenvalue weighted by Crippen LogP contribution is -2.37. The molecule has 0 spiro atoms. The van der Waals surface area contributed by atoms with E-state index < -0.39 is 41.3 Å². The van der Waals surface area contributed by atoms with Crippen molar-refractivity contribution in [2.24, 2.45) is 5.92 Å². The van der Waals surface area contributed by atoms with Crippen LogP contribution in [0.3, 0.4) is 0 Å². The van der Waals surface area contributed by atoms with E-state index in [1.165, 1.54) is 12.1 Å². The highest BCUT2D eigenvalue weighted by atomic mass is 19.4. The average Bonchev–Trinajstić information content (AvgIpc) is 2.67. The summed E-state index contributed by atoms with van der Waals surface area (Å²) in [6, 6.07) is 5.85. The minimum absolute atomic E-state index is 0.154. The van der Waals surface area contributed by atoms with Gasteiger partial charge in [-0.25, -0.2) is 4.39 Å². The summed E-state index contributed by atoms with van der Waals surface area (Å²) < 4.78 is 92.6. The normalized spacial score (nSPS) is 20.3. The number of carbonyl (C=O) groups is 1. The summed E-state index contributed by atoms with van der Waals surface area (Å²) >= 11 is 0. The minimum Gasteiger partial charge on any atom is -0.481 e. The van der Waals surface area contributed by atoms with Gasteiger partial charge in [0.25, 0.3) is 0 Å². The Bertz CT molecular complexity index is 954. The van der Waals surface area contributed by atoms with Crippen molar-refractivity contribution in [3.63, 3.8) is 0 Å². The van der Waals surface area contributed by atoms with E-state index in [9.17, 15) is 35.5 Å². The third-order valence-corrected chi connectivity index (χ3v) is 5.65. The van der Waals surface area contributed by atoms with Crippen molar-refractivity contribution in [2.75, 3.05) is 6.54 Å². The average molecular weight is 463 g/mol. The van der Waals surface area contributed by atoms with Crippen LogP contribution in [0.25, 0.3) is 0 Å². The van der Waals surface area contributed by atoms with Gasteiger partial charge in [0.05, 0.1) is 11.1 Å². The number of benzene rings is 2. The van der Waals surface area contributed by atoms with Crippen molar-refractivity contribution >= 4 is 5.97 Å². The summed E-state index contributed by atoms with van der Waals surface area (Å²) in [6.07, 6.45) is -8.76. The lowest BCUT2D eigenvalue weighted by molar-refractivity contribution is -0.140. The molecule has 0 aromatic heterocycles. The van der Waals surface area contributed by atoms with Crippen molar-refractivity contribution in [3.8, 4) is 0 Å². The molecule has 2 atom stereocenters. The molecule has 1 heterocycles. The molecule has 1 fully saturated rings. The van der Waals surface area contributed by atoms with Crippen LogP contribution in [0.1, 0.15) is 47.6 Å². The highest BCUT2D eigenvalue weighted by molar-refractivity contribution is 5.67. The molecular weight excluding hydrogens is 443 g/mol. The van der Waals surface area contributed by atoms with Crippen molar-refractivity contribution in [3.05, 3.63) is 70.5 Å². The summed E-state index contributed by atoms with van der Waals surface area (Å²) in [7, 11) is 0. The van der Waals surface area contributed by atoms with Crippen LogP contribution in [0.15, 0.2) is 42.5 Å². The van der Waals surface area contributed by atoms with Crippen LogP contribution in [0.5, 0.6) is 0 Å². The van der Waals surface area contributed by atoms with Crippen LogP contribution in [0.4, 0.5) is 30.7 Å². The zero-order valence-electron chi connectivity index (χ0n) is 16.7. The zero-order chi connectivity index (χ0) is 23.7. The third-order valence-electron chi connectivity index (χ3n) is 5.65. The largest absolute Gasteiger partial charge is 0.481 e. The Kier molecular flexibility index (Phi) is 6.83. The van der Waals surface area contributed by atoms with Crippen LogP contribution < -0.4 is 0 Å². The van der Waals surface area contributed by atoms with Gasteiger partial charge in [-0.2, -0.15) is 26.3 Å². The standard InChI is InChI=1S/C22H20F7NO2/c23-17-5-6-18(22(27,28)29)15(11-17)12-30-8-7-13(10-20(31)32)9-19(30)14-1-3-16(4-2-14)21(24,25)26/h1-6,11,13,19H,7-10,12H2,(H,31,32)/t13-,19+/m0/s1. The Morgan fingerprint density at radius 2 is 1.66 bits per heavy atom. The van der Waals surface area contributed by atoms with E-state index >= 15 is 0 Å². The number of alkyl halides is 6. The molecule has 2 aromatic carbocycles. The number of nitrogens with zero attached hydrogens (tertiary/aromatic N) is 1. The van der Waals surface area contributed by atoms with E-state index in [1.807, 2.05) is 0 Å². The molecule has 32 heavy (non-hydrogen) atoms. The van der Waals surface area contributed by atoms with E-state index in [0.29, 0.717) is 18.1 Å². The Morgan fingerprint density at radius 1 is 1.00 bits per heavy atom. The predicted octanol–water partition coefficient (Wildman–Crippen LogP) is 6.29. The molecular formula is C22H20F7NO2. The van der Waals surface area contributed by atoms with Crippen LogP contribution in [-0.4, -0.2) is 22.5 Å². The molecule has 3 nitrogen and oxygen atoms in total. The summed E-state index contributed by atoms with van der Waals surface area (Å²) in [4.78, 5) is 12.8. The van der Waals surface area contributed by atoms with Crippen LogP contribution >= 0.6 is 0 Å². The van der Waals surface area contributed by atoms with Crippen molar-refractivity contribution in [2.45, 2.75) is 44.2 Å². The predicted molar refractivity (Wildman–Crippen MR) is 101 cm³/mol. The maximum atomic E-state index is 13.7. The molecule has 0 radical (unpaired) electrons. The quantitative estimate of drug-likeness (QED) is 0.530. The first-order valence-electron chi connectivity index (χ1n) is 9.83. The molecule has 0 saturated carbocycles. The second-order valence-corrected chi connectivity index (χ2v) is 7.89. The highest BCUT2D eigenvalue weighted by Crippen LogP contribution is 2.40. The second kappa shape index (κ2) is 9.09. The van der Waals surface area contributed by atoms with Gasteiger partial charge in [0.15, 0.2) is 0 Å². The number of hydrogen-bond donors (Lipinski definition) is 1. The molecule has 0 aliphatic carbocycles. The lowest BCUT2D eigenvalue weighted by atomic mass is 9.84. The number of piperidine rings is 1. The molecule has 10 heteroatoms. The van der Waals surface area contributed by atoms with Gasteiger partial charge in [-0.1, -0.05) is 12.1 Å². The number of rotatable bonds is 5. The fraction of sp³-hybridized carbons (Fsp3) is 0.409. The maximum absolute atomic E-state index is 13.7. The molecule has 3 rings (SSSR count). The van der Waals surface area contributed by atoms with E-state index in [0.717, 1.165) is 24.3 Å². The molecule has 1 N–H and O–H groups in total. The monoisotopic (exact) mass is 463 g/mol. The summed E-state index contributed by atoms with van der Waals surface area (Å²) in [5, 5.41) is 9.10. The van der Waals surface area contributed by atoms with Crippen LogP contribution in [0, 0.1) is 11.7 Å². The molecule has 0 amide bonds. The van der Waals surface area contributed by atoms with Crippen molar-refractivity contribution in [1.29, 1.82) is 0 Å². The van der Waals surface area contributed by atoms with Gasteiger partial charge in [-0.3, -0.25) is 9.69 Å². The maximum Gasteiger partial charge on any atom is 0.416 e. The summed E-state index contributed by atoms with van der Waals surface area (Å²) in [5.74, 6) is -2.15. The van der Waals surface area contributed by atoms with Gasteiger partial charge in [0, 0.05) is 19.0 Å². The number of likely N-dealkylation sites (tertiary alicyclic amines) is 1. The smallest absolute Gasteiger partial charge is 0.416 e. The first kappa shape index (κ1) is 24.0. The van der Waals surface area contributed by atoms with Crippen LogP contribution in [0.2, 0.25) is 0 Å².